The molecule has 0 spiro atoms. The molecule has 0 bridgehead atoms. The number of rotatable bonds is 5. The van der Waals surface area contributed by atoms with Gasteiger partial charge in [0, 0.05) is 10.8 Å². The summed E-state index contributed by atoms with van der Waals surface area (Å²) >= 11 is 7.49. The van der Waals surface area contributed by atoms with Crippen molar-refractivity contribution >= 4 is 23.4 Å². The van der Waals surface area contributed by atoms with E-state index in [4.69, 9.17) is 16.3 Å². The van der Waals surface area contributed by atoms with Crippen molar-refractivity contribution < 1.29 is 9.13 Å². The fraction of sp³-hybridized carbons (Fsp3) is 0.125. The van der Waals surface area contributed by atoms with Gasteiger partial charge in [-0.1, -0.05) is 35.5 Å². The van der Waals surface area contributed by atoms with E-state index in [1.54, 1.807) is 37.4 Å². The molecule has 4 nitrogen and oxygen atoms in total. The number of H-pyrrole nitrogens is 1. The summed E-state index contributed by atoms with van der Waals surface area (Å²) in [6.07, 6.45) is 0. The topological polar surface area (TPSA) is 50.8 Å². The van der Waals surface area contributed by atoms with Gasteiger partial charge in [-0.25, -0.2) is 9.37 Å². The minimum Gasteiger partial charge on any atom is -0.496 e. The van der Waals surface area contributed by atoms with Crippen molar-refractivity contribution in [2.24, 2.45) is 0 Å². The molecule has 118 valence electrons. The van der Waals surface area contributed by atoms with Gasteiger partial charge in [-0.3, -0.25) is 5.10 Å². The molecule has 0 aliphatic carbocycles. The highest BCUT2D eigenvalue weighted by Gasteiger charge is 2.12. The Labute approximate surface area is 142 Å². The zero-order valence-corrected chi connectivity index (χ0v) is 13.8. The van der Waals surface area contributed by atoms with Crippen LogP contribution in [0, 0.1) is 5.82 Å². The van der Waals surface area contributed by atoms with Crippen LogP contribution in [0.15, 0.2) is 47.6 Å². The number of hydrogen-bond acceptors (Lipinski definition) is 4. The van der Waals surface area contributed by atoms with Gasteiger partial charge in [-0.2, -0.15) is 0 Å². The molecule has 0 unspecified atom stereocenters. The molecule has 3 aromatic rings. The molecule has 7 heteroatoms. The zero-order valence-electron chi connectivity index (χ0n) is 12.2. The molecule has 0 fully saturated rings. The third-order valence-electron chi connectivity index (χ3n) is 3.16. The van der Waals surface area contributed by atoms with Crippen molar-refractivity contribution in [3.05, 3.63) is 58.9 Å². The van der Waals surface area contributed by atoms with E-state index in [-0.39, 0.29) is 5.82 Å². The van der Waals surface area contributed by atoms with Gasteiger partial charge in [0.2, 0.25) is 5.16 Å². The van der Waals surface area contributed by atoms with Crippen molar-refractivity contribution in [2.45, 2.75) is 10.9 Å². The summed E-state index contributed by atoms with van der Waals surface area (Å²) in [4.78, 5) is 4.45. The lowest BCUT2D eigenvalue weighted by Crippen LogP contribution is -1.89. The van der Waals surface area contributed by atoms with E-state index in [0.717, 1.165) is 11.1 Å². The first-order chi connectivity index (χ1) is 11.2. The first kappa shape index (κ1) is 15.8. The van der Waals surface area contributed by atoms with Crippen LogP contribution >= 0.6 is 23.4 Å². The molecule has 2 aromatic carbocycles. The molecule has 1 heterocycles. The monoisotopic (exact) mass is 349 g/mol. The fourth-order valence-electron chi connectivity index (χ4n) is 2.03. The van der Waals surface area contributed by atoms with Crippen LogP contribution in [-0.2, 0) is 5.75 Å². The predicted octanol–water partition coefficient (Wildman–Crippen LogP) is 4.57. The van der Waals surface area contributed by atoms with Crippen LogP contribution in [0.1, 0.15) is 5.56 Å². The van der Waals surface area contributed by atoms with Crippen LogP contribution < -0.4 is 4.74 Å². The number of aromatic amines is 1. The molecule has 0 saturated heterocycles. The van der Waals surface area contributed by atoms with Gasteiger partial charge in [-0.15, -0.1) is 5.10 Å². The van der Waals surface area contributed by atoms with E-state index in [2.05, 4.69) is 15.2 Å². The third-order valence-corrected chi connectivity index (χ3v) is 4.32. The van der Waals surface area contributed by atoms with Crippen LogP contribution in [0.4, 0.5) is 4.39 Å². The maximum absolute atomic E-state index is 12.9. The fourth-order valence-corrected chi connectivity index (χ4v) is 2.95. The van der Waals surface area contributed by atoms with Crippen molar-refractivity contribution in [2.75, 3.05) is 7.11 Å². The summed E-state index contributed by atoms with van der Waals surface area (Å²) < 4.78 is 18.2. The second-order valence-electron chi connectivity index (χ2n) is 4.73. The standard InChI is InChI=1S/C16H13ClFN3OS/c1-22-14-7-4-11(17)8-13(14)15-19-16(21-20-15)23-9-10-2-5-12(18)6-3-10/h2-8H,9H2,1H3,(H,19,20,21). The van der Waals surface area contributed by atoms with Gasteiger partial charge >= 0.3 is 0 Å². The Morgan fingerprint density at radius 1 is 1.22 bits per heavy atom. The average Bonchev–Trinajstić information content (AvgIpc) is 3.03. The summed E-state index contributed by atoms with van der Waals surface area (Å²) in [5.74, 6) is 1.67. The van der Waals surface area contributed by atoms with Crippen LogP contribution in [-0.4, -0.2) is 22.3 Å². The second-order valence-corrected chi connectivity index (χ2v) is 6.11. The Kier molecular flexibility index (Phi) is 4.83. The zero-order chi connectivity index (χ0) is 16.2. The molecule has 23 heavy (non-hydrogen) atoms. The van der Waals surface area contributed by atoms with E-state index in [1.807, 2.05) is 0 Å². The highest BCUT2D eigenvalue weighted by molar-refractivity contribution is 7.98. The number of halogens is 2. The Hall–Kier alpha value is -2.05. The predicted molar refractivity (Wildman–Crippen MR) is 89.3 cm³/mol. The molecule has 0 saturated carbocycles. The van der Waals surface area contributed by atoms with Crippen LogP contribution in [0.25, 0.3) is 11.4 Å². The Bertz CT molecular complexity index is 807. The van der Waals surface area contributed by atoms with E-state index >= 15 is 0 Å². The van der Waals surface area contributed by atoms with Crippen LogP contribution in [0.3, 0.4) is 0 Å². The number of nitrogens with zero attached hydrogens (tertiary/aromatic N) is 2. The first-order valence-corrected chi connectivity index (χ1v) is 8.15. The lowest BCUT2D eigenvalue weighted by Gasteiger charge is -2.05. The molecule has 0 aliphatic rings. The number of ether oxygens (including phenoxy) is 1. The van der Waals surface area contributed by atoms with Crippen molar-refractivity contribution in [3.63, 3.8) is 0 Å². The van der Waals surface area contributed by atoms with Crippen molar-refractivity contribution in [1.29, 1.82) is 0 Å². The minimum absolute atomic E-state index is 0.244. The molecule has 0 aliphatic heterocycles. The second kappa shape index (κ2) is 7.02. The molecular formula is C16H13ClFN3OS. The lowest BCUT2D eigenvalue weighted by atomic mass is 10.2. The molecular weight excluding hydrogens is 337 g/mol. The van der Waals surface area contributed by atoms with Gasteiger partial charge < -0.3 is 4.74 Å². The summed E-state index contributed by atoms with van der Waals surface area (Å²) in [6, 6.07) is 11.7. The van der Waals surface area contributed by atoms with Gasteiger partial charge in [0.05, 0.1) is 12.7 Å². The van der Waals surface area contributed by atoms with E-state index < -0.39 is 0 Å². The number of thioether (sulfide) groups is 1. The van der Waals surface area contributed by atoms with Gasteiger partial charge in [-0.05, 0) is 35.9 Å². The highest BCUT2D eigenvalue weighted by Crippen LogP contribution is 2.31. The van der Waals surface area contributed by atoms with Gasteiger partial charge in [0.25, 0.3) is 0 Å². The Balaban J connectivity index is 1.75. The number of hydrogen-bond donors (Lipinski definition) is 1. The molecule has 0 amide bonds. The van der Waals surface area contributed by atoms with Crippen molar-refractivity contribution in [1.82, 2.24) is 15.2 Å². The molecule has 0 atom stereocenters. The Morgan fingerprint density at radius 2 is 2.00 bits per heavy atom. The third kappa shape index (κ3) is 3.83. The highest BCUT2D eigenvalue weighted by atomic mass is 35.5. The molecule has 1 N–H and O–H groups in total. The maximum atomic E-state index is 12.9. The summed E-state index contributed by atoms with van der Waals surface area (Å²) in [6.45, 7) is 0. The van der Waals surface area contributed by atoms with Gasteiger partial charge in [0.1, 0.15) is 11.6 Å². The average molecular weight is 350 g/mol. The van der Waals surface area contributed by atoms with Crippen LogP contribution in [0.5, 0.6) is 5.75 Å². The summed E-state index contributed by atoms with van der Waals surface area (Å²) in [7, 11) is 1.59. The normalized spacial score (nSPS) is 10.7. The quantitative estimate of drug-likeness (QED) is 0.686. The molecule has 1 aromatic heterocycles. The van der Waals surface area contributed by atoms with Crippen molar-refractivity contribution in [3.8, 4) is 17.1 Å². The number of aromatic nitrogens is 3. The summed E-state index contributed by atoms with van der Waals surface area (Å²) in [5, 5.41) is 8.27. The van der Waals surface area contributed by atoms with E-state index in [0.29, 0.717) is 27.5 Å². The van der Waals surface area contributed by atoms with E-state index in [1.165, 1.54) is 23.9 Å². The maximum Gasteiger partial charge on any atom is 0.209 e. The SMILES string of the molecule is COc1ccc(Cl)cc1-c1nc(SCc2ccc(F)cc2)n[nH]1. The minimum atomic E-state index is -0.244. The number of nitrogens with one attached hydrogen (secondary N) is 1. The van der Waals surface area contributed by atoms with Crippen LogP contribution in [0.2, 0.25) is 5.02 Å². The molecule has 3 rings (SSSR count). The first-order valence-electron chi connectivity index (χ1n) is 6.79. The smallest absolute Gasteiger partial charge is 0.209 e. The summed E-state index contributed by atoms with van der Waals surface area (Å²) in [5.41, 5.74) is 1.75. The van der Waals surface area contributed by atoms with Gasteiger partial charge in [0.15, 0.2) is 5.82 Å². The van der Waals surface area contributed by atoms with E-state index in [9.17, 15) is 4.39 Å². The Morgan fingerprint density at radius 3 is 2.74 bits per heavy atom. The number of methoxy groups -OCH3 is 1. The largest absolute Gasteiger partial charge is 0.496 e. The lowest BCUT2D eigenvalue weighted by molar-refractivity contribution is 0.416. The molecule has 0 radical (unpaired) electrons. The number of benzene rings is 2.